The lowest BCUT2D eigenvalue weighted by Crippen LogP contribution is -2.56. The van der Waals surface area contributed by atoms with Crippen LogP contribution in [0.25, 0.3) is 0 Å². The first-order valence-electron chi connectivity index (χ1n) is 10.7. The third kappa shape index (κ3) is 4.23. The predicted octanol–water partition coefficient (Wildman–Crippen LogP) is 3.81. The van der Waals surface area contributed by atoms with E-state index >= 15 is 0 Å². The first kappa shape index (κ1) is 21.6. The van der Waals surface area contributed by atoms with Crippen LogP contribution >= 0.6 is 0 Å². The van der Waals surface area contributed by atoms with Gasteiger partial charge in [0.25, 0.3) is 0 Å². The van der Waals surface area contributed by atoms with E-state index in [0.29, 0.717) is 31.7 Å². The first-order valence-corrected chi connectivity index (χ1v) is 10.7. The van der Waals surface area contributed by atoms with Crippen molar-refractivity contribution in [2.75, 3.05) is 26.2 Å². The topological polar surface area (TPSA) is 85.2 Å². The third-order valence-corrected chi connectivity index (χ3v) is 6.38. The lowest BCUT2D eigenvalue weighted by molar-refractivity contribution is 0.0420. The number of aromatic amines is 1. The number of nitrogens with one attached hydrogen (secondary N) is 1. The summed E-state index contributed by atoms with van der Waals surface area (Å²) in [4.78, 5) is 24.2. The van der Waals surface area contributed by atoms with Crippen molar-refractivity contribution in [3.05, 3.63) is 89.0 Å². The Morgan fingerprint density at radius 1 is 1.16 bits per heavy atom. The quantitative estimate of drug-likeness (QED) is 0.667. The van der Waals surface area contributed by atoms with Gasteiger partial charge in [-0.15, -0.1) is 0 Å². The molecule has 4 rings (SSSR count). The Balaban J connectivity index is 1.45. The monoisotopic (exact) mass is 429 g/mol. The van der Waals surface area contributed by atoms with Crippen molar-refractivity contribution >= 4 is 6.09 Å². The molecule has 2 heterocycles. The van der Waals surface area contributed by atoms with Crippen molar-refractivity contribution in [1.82, 2.24) is 19.8 Å². The highest BCUT2D eigenvalue weighted by atomic mass is 16.6. The molecule has 0 spiro atoms. The number of nitrogens with zero attached hydrogens (tertiary/aromatic N) is 4. The van der Waals surface area contributed by atoms with Crippen LogP contribution < -0.4 is 0 Å². The maximum absolute atomic E-state index is 12.6. The molecule has 0 aliphatic carbocycles. The molecule has 1 aromatic heterocycles. The molecule has 7 nitrogen and oxygen atoms in total. The largest absolute Gasteiger partial charge is 0.445 e. The average molecular weight is 430 g/mol. The number of rotatable bonds is 5. The number of carbonyl (C=O) groups excluding carboxylic acids is 1. The molecule has 1 amide bonds. The summed E-state index contributed by atoms with van der Waals surface area (Å²) in [5.41, 5.74) is 4.34. The van der Waals surface area contributed by atoms with Gasteiger partial charge in [-0.05, 0) is 42.7 Å². The molecule has 1 N–H and O–H groups in total. The molecule has 164 valence electrons. The van der Waals surface area contributed by atoms with Crippen LogP contribution in [0.2, 0.25) is 0 Å². The van der Waals surface area contributed by atoms with E-state index in [2.05, 4.69) is 27.9 Å². The van der Waals surface area contributed by atoms with E-state index in [1.54, 1.807) is 11.2 Å². The molecule has 1 aliphatic heterocycles. The molecule has 0 bridgehead atoms. The number of aromatic nitrogens is 2. The lowest BCUT2D eigenvalue weighted by Gasteiger charge is -2.45. The molecule has 1 atom stereocenters. The number of carbonyl (C=O) groups is 1. The Kier molecular flexibility index (Phi) is 6.24. The Labute approximate surface area is 188 Å². The van der Waals surface area contributed by atoms with Crippen LogP contribution in [0.1, 0.15) is 34.9 Å². The number of imidazole rings is 1. The van der Waals surface area contributed by atoms with E-state index in [-0.39, 0.29) is 12.7 Å². The normalized spacial score (nSPS) is 16.2. The summed E-state index contributed by atoms with van der Waals surface area (Å²) < 4.78 is 5.57. The highest BCUT2D eigenvalue weighted by Crippen LogP contribution is 2.35. The number of piperazine rings is 1. The number of ether oxygens (including phenoxy) is 1. The van der Waals surface area contributed by atoms with Gasteiger partial charge in [0.15, 0.2) is 0 Å². The molecular formula is C25H27N5O2. The standard InChI is InChI=1S/C25H27N5O2/c1-19-5-3-4-6-21(19)17-32-24(31)29-11-13-30(14-12-29)25(2,23-16-27-18-28-23)22-9-7-20(15-26)8-10-22/h3-10,16,18H,11-14,17H2,1-2H3,(H,27,28). The summed E-state index contributed by atoms with van der Waals surface area (Å²) in [6, 6.07) is 17.7. The molecule has 1 saturated heterocycles. The molecule has 0 radical (unpaired) electrons. The van der Waals surface area contributed by atoms with Crippen LogP contribution in [-0.2, 0) is 16.9 Å². The lowest BCUT2D eigenvalue weighted by atomic mass is 9.86. The zero-order chi connectivity index (χ0) is 22.6. The average Bonchev–Trinajstić information content (AvgIpc) is 3.39. The SMILES string of the molecule is Cc1ccccc1COC(=O)N1CCN(C(C)(c2ccc(C#N)cc2)c2cnc[nH]2)CC1. The number of nitriles is 1. The number of benzene rings is 2. The molecule has 1 unspecified atom stereocenters. The van der Waals surface area contributed by atoms with E-state index in [9.17, 15) is 4.79 Å². The Morgan fingerprint density at radius 3 is 2.50 bits per heavy atom. The smallest absolute Gasteiger partial charge is 0.410 e. The van der Waals surface area contributed by atoms with Crippen LogP contribution in [0.3, 0.4) is 0 Å². The van der Waals surface area contributed by atoms with Gasteiger partial charge in [-0.1, -0.05) is 36.4 Å². The maximum Gasteiger partial charge on any atom is 0.410 e. The zero-order valence-electron chi connectivity index (χ0n) is 18.4. The minimum atomic E-state index is -0.457. The van der Waals surface area contributed by atoms with E-state index < -0.39 is 5.54 Å². The Morgan fingerprint density at radius 2 is 1.88 bits per heavy atom. The van der Waals surface area contributed by atoms with Crippen molar-refractivity contribution in [3.8, 4) is 6.07 Å². The summed E-state index contributed by atoms with van der Waals surface area (Å²) in [5, 5.41) is 9.15. The fraction of sp³-hybridized carbons (Fsp3) is 0.320. The maximum atomic E-state index is 12.6. The van der Waals surface area contributed by atoms with Crippen LogP contribution in [0.15, 0.2) is 61.1 Å². The minimum Gasteiger partial charge on any atom is -0.445 e. The second kappa shape index (κ2) is 9.25. The van der Waals surface area contributed by atoms with E-state index in [1.807, 2.05) is 61.7 Å². The van der Waals surface area contributed by atoms with Gasteiger partial charge >= 0.3 is 6.09 Å². The predicted molar refractivity (Wildman–Crippen MR) is 121 cm³/mol. The molecule has 1 fully saturated rings. The molecule has 32 heavy (non-hydrogen) atoms. The van der Waals surface area contributed by atoms with Gasteiger partial charge in [0, 0.05) is 26.2 Å². The fourth-order valence-corrected chi connectivity index (χ4v) is 4.24. The summed E-state index contributed by atoms with van der Waals surface area (Å²) in [6.07, 6.45) is 3.23. The van der Waals surface area contributed by atoms with Gasteiger partial charge in [-0.25, -0.2) is 9.78 Å². The van der Waals surface area contributed by atoms with Gasteiger partial charge in [-0.3, -0.25) is 4.90 Å². The second-order valence-corrected chi connectivity index (χ2v) is 8.18. The molecule has 0 saturated carbocycles. The van der Waals surface area contributed by atoms with Crippen molar-refractivity contribution in [2.45, 2.75) is 26.0 Å². The fourth-order valence-electron chi connectivity index (χ4n) is 4.24. The van der Waals surface area contributed by atoms with Crippen molar-refractivity contribution in [2.24, 2.45) is 0 Å². The van der Waals surface area contributed by atoms with Crippen molar-refractivity contribution in [1.29, 1.82) is 5.26 Å². The van der Waals surface area contributed by atoms with Crippen LogP contribution in [0.5, 0.6) is 0 Å². The summed E-state index contributed by atoms with van der Waals surface area (Å²) in [7, 11) is 0. The van der Waals surface area contributed by atoms with Crippen LogP contribution in [0, 0.1) is 18.3 Å². The van der Waals surface area contributed by atoms with Crippen molar-refractivity contribution in [3.63, 3.8) is 0 Å². The number of hydrogen-bond acceptors (Lipinski definition) is 5. The highest BCUT2D eigenvalue weighted by molar-refractivity contribution is 5.67. The van der Waals surface area contributed by atoms with E-state index in [4.69, 9.17) is 10.00 Å². The Hall–Kier alpha value is -3.63. The highest BCUT2D eigenvalue weighted by Gasteiger charge is 2.39. The van der Waals surface area contributed by atoms with Gasteiger partial charge in [0.2, 0.25) is 0 Å². The van der Waals surface area contributed by atoms with Crippen LogP contribution in [0.4, 0.5) is 4.79 Å². The van der Waals surface area contributed by atoms with E-state index in [0.717, 1.165) is 22.4 Å². The van der Waals surface area contributed by atoms with E-state index in [1.165, 1.54) is 0 Å². The number of hydrogen-bond donors (Lipinski definition) is 1. The summed E-state index contributed by atoms with van der Waals surface area (Å²) in [6.45, 7) is 6.97. The van der Waals surface area contributed by atoms with Gasteiger partial charge in [0.1, 0.15) is 6.61 Å². The zero-order valence-corrected chi connectivity index (χ0v) is 18.4. The molecule has 2 aromatic carbocycles. The second-order valence-electron chi connectivity index (χ2n) is 8.18. The minimum absolute atomic E-state index is 0.281. The number of aryl methyl sites for hydroxylation is 1. The molecular weight excluding hydrogens is 402 g/mol. The molecule has 7 heteroatoms. The first-order chi connectivity index (χ1) is 15.5. The summed E-state index contributed by atoms with van der Waals surface area (Å²) >= 11 is 0. The number of amides is 1. The Bertz CT molecular complexity index is 1100. The van der Waals surface area contributed by atoms with Gasteiger partial charge in [0.05, 0.1) is 35.4 Å². The molecule has 3 aromatic rings. The third-order valence-electron chi connectivity index (χ3n) is 6.38. The van der Waals surface area contributed by atoms with Crippen LogP contribution in [-0.4, -0.2) is 52.0 Å². The van der Waals surface area contributed by atoms with Crippen molar-refractivity contribution < 1.29 is 9.53 Å². The summed E-state index contributed by atoms with van der Waals surface area (Å²) in [5.74, 6) is 0. The molecule has 1 aliphatic rings. The number of H-pyrrole nitrogens is 1. The van der Waals surface area contributed by atoms with Gasteiger partial charge in [-0.2, -0.15) is 5.26 Å². The van der Waals surface area contributed by atoms with Gasteiger partial charge < -0.3 is 14.6 Å².